The van der Waals surface area contributed by atoms with E-state index in [1.165, 1.54) is 33.6 Å². The second kappa shape index (κ2) is 10.1. The quantitative estimate of drug-likeness (QED) is 0.221. The summed E-state index contributed by atoms with van der Waals surface area (Å²) in [5, 5.41) is 1.84. The largest absolute Gasteiger partial charge is 0.342 e. The summed E-state index contributed by atoms with van der Waals surface area (Å²) in [5.41, 5.74) is 9.19. The van der Waals surface area contributed by atoms with Crippen molar-refractivity contribution in [3.05, 3.63) is 167 Å². The number of thiazole rings is 1. The number of halogens is 1. The smallest absolute Gasteiger partial charge is 0.271 e. The molecule has 42 heavy (non-hydrogen) atoms. The highest BCUT2D eigenvalue weighted by atomic mass is 35.5. The van der Waals surface area contributed by atoms with Gasteiger partial charge in [-0.3, -0.25) is 9.36 Å². The van der Waals surface area contributed by atoms with Gasteiger partial charge in [0.05, 0.1) is 16.3 Å². The van der Waals surface area contributed by atoms with Crippen LogP contribution in [0.2, 0.25) is 5.02 Å². The molecule has 4 aromatic carbocycles. The third kappa shape index (κ3) is 4.20. The molecule has 3 heterocycles. The van der Waals surface area contributed by atoms with E-state index in [1.807, 2.05) is 28.8 Å². The van der Waals surface area contributed by atoms with E-state index in [-0.39, 0.29) is 11.6 Å². The van der Waals surface area contributed by atoms with Crippen LogP contribution in [0.3, 0.4) is 0 Å². The summed E-state index contributed by atoms with van der Waals surface area (Å²) in [6.45, 7) is 0.715. The van der Waals surface area contributed by atoms with Gasteiger partial charge in [-0.1, -0.05) is 108 Å². The fraction of sp³-hybridized carbons (Fsp3) is 0.111. The van der Waals surface area contributed by atoms with E-state index in [9.17, 15) is 4.79 Å². The number of aryl methyl sites for hydroxylation is 1. The number of para-hydroxylation sites is 1. The lowest BCUT2D eigenvalue weighted by molar-refractivity contribution is 0.585. The zero-order valence-electron chi connectivity index (χ0n) is 22.7. The van der Waals surface area contributed by atoms with E-state index < -0.39 is 0 Å². The first-order chi connectivity index (χ1) is 20.6. The first kappa shape index (κ1) is 25.3. The van der Waals surface area contributed by atoms with Crippen LogP contribution in [0.5, 0.6) is 0 Å². The molecule has 0 radical (unpaired) electrons. The van der Waals surface area contributed by atoms with E-state index in [4.69, 9.17) is 16.6 Å². The van der Waals surface area contributed by atoms with Crippen molar-refractivity contribution in [1.29, 1.82) is 0 Å². The highest BCUT2D eigenvalue weighted by molar-refractivity contribution is 7.07. The van der Waals surface area contributed by atoms with Crippen molar-refractivity contribution in [1.82, 2.24) is 9.13 Å². The Labute approximate surface area is 251 Å². The average Bonchev–Trinajstić information content (AvgIpc) is 3.53. The molecule has 1 aliphatic heterocycles. The van der Waals surface area contributed by atoms with Crippen LogP contribution in [0, 0.1) is 0 Å². The molecule has 1 atom stereocenters. The summed E-state index contributed by atoms with van der Waals surface area (Å²) in [5.74, 6) is 0. The third-order valence-electron chi connectivity index (χ3n) is 8.36. The van der Waals surface area contributed by atoms with Gasteiger partial charge in [0.2, 0.25) is 0 Å². The van der Waals surface area contributed by atoms with Crippen molar-refractivity contribution in [2.45, 2.75) is 25.4 Å². The predicted octanol–water partition coefficient (Wildman–Crippen LogP) is 6.98. The average molecular weight is 584 g/mol. The summed E-state index contributed by atoms with van der Waals surface area (Å²) >= 11 is 7.60. The van der Waals surface area contributed by atoms with Gasteiger partial charge in [0.1, 0.15) is 0 Å². The molecule has 0 spiro atoms. The summed E-state index contributed by atoms with van der Waals surface area (Å²) in [7, 11) is 0. The molecule has 0 saturated carbocycles. The molecule has 204 valence electrons. The van der Waals surface area contributed by atoms with Gasteiger partial charge in [0, 0.05) is 39.8 Å². The molecular formula is C36H26ClN3OS. The van der Waals surface area contributed by atoms with Gasteiger partial charge in [-0.2, -0.15) is 0 Å². The second-order valence-electron chi connectivity index (χ2n) is 10.9. The number of fused-ring (bicyclic) bond motifs is 4. The minimum absolute atomic E-state index is 0.00699. The molecule has 0 saturated heterocycles. The molecule has 0 amide bonds. The van der Waals surface area contributed by atoms with Crippen molar-refractivity contribution in [3.8, 4) is 0 Å². The second-order valence-corrected chi connectivity index (χ2v) is 12.3. The summed E-state index contributed by atoms with van der Waals surface area (Å²) < 4.78 is 4.85. The molecule has 6 heteroatoms. The maximum atomic E-state index is 14.2. The maximum absolute atomic E-state index is 14.2. The van der Waals surface area contributed by atoms with Gasteiger partial charge in [-0.25, -0.2) is 4.99 Å². The Morgan fingerprint density at radius 2 is 1.64 bits per heavy atom. The number of aromatic nitrogens is 2. The molecular weight excluding hydrogens is 558 g/mol. The van der Waals surface area contributed by atoms with Gasteiger partial charge in [-0.05, 0) is 59.4 Å². The molecule has 2 aliphatic rings. The Morgan fingerprint density at radius 1 is 0.881 bits per heavy atom. The standard InChI is InChI=1S/C36H26ClN3OS/c37-27-17-14-23(15-18-27)21-39-22-26(28-11-6-7-13-31(28)39)20-32-35(41)40-34(25-9-2-1-3-10-25)30-19-16-24-8-4-5-12-29(24)33(30)38-36(40)42-32/h1-15,17-18,20,22,34H,16,19,21H2/b32-20-/t34-/m1/s1. The highest BCUT2D eigenvalue weighted by Gasteiger charge is 2.32. The zero-order valence-corrected chi connectivity index (χ0v) is 24.3. The van der Waals surface area contributed by atoms with Crippen molar-refractivity contribution >= 4 is 45.6 Å². The monoisotopic (exact) mass is 583 g/mol. The number of hydrogen-bond donors (Lipinski definition) is 0. The van der Waals surface area contributed by atoms with Crippen LogP contribution >= 0.6 is 22.9 Å². The molecule has 6 aromatic rings. The Balaban J connectivity index is 1.31. The molecule has 1 aliphatic carbocycles. The van der Waals surface area contributed by atoms with Crippen molar-refractivity contribution in [3.63, 3.8) is 0 Å². The van der Waals surface area contributed by atoms with Gasteiger partial charge in [-0.15, -0.1) is 0 Å². The molecule has 0 unspecified atom stereocenters. The van der Waals surface area contributed by atoms with E-state index in [2.05, 4.69) is 95.7 Å². The number of hydrogen-bond acceptors (Lipinski definition) is 3. The number of nitrogens with zero attached hydrogens (tertiary/aromatic N) is 3. The van der Waals surface area contributed by atoms with Gasteiger partial charge < -0.3 is 4.57 Å². The van der Waals surface area contributed by atoms with Gasteiger partial charge >= 0.3 is 0 Å². The van der Waals surface area contributed by atoms with E-state index in [0.717, 1.165) is 50.4 Å². The number of rotatable bonds is 4. The summed E-state index contributed by atoms with van der Waals surface area (Å²) in [6, 6.07) is 35.1. The first-order valence-corrected chi connectivity index (χ1v) is 15.3. The Morgan fingerprint density at radius 3 is 2.50 bits per heavy atom. The maximum Gasteiger partial charge on any atom is 0.271 e. The Kier molecular flexibility index (Phi) is 6.09. The van der Waals surface area contributed by atoms with Crippen molar-refractivity contribution < 1.29 is 0 Å². The SMILES string of the molecule is O=c1/c(=C/c2cn(Cc3ccc(Cl)cc3)c3ccccc23)sc2n1[C@H](c1ccccc1)C1=C(N=2)c2ccccc2CC1. The fourth-order valence-electron chi connectivity index (χ4n) is 6.41. The molecule has 0 bridgehead atoms. The lowest BCUT2D eigenvalue weighted by Crippen LogP contribution is -2.38. The zero-order chi connectivity index (χ0) is 28.2. The summed E-state index contributed by atoms with van der Waals surface area (Å²) in [6.07, 6.45) is 6.03. The van der Waals surface area contributed by atoms with Crippen molar-refractivity contribution in [2.75, 3.05) is 0 Å². The van der Waals surface area contributed by atoms with Gasteiger partial charge in [0.15, 0.2) is 4.80 Å². The molecule has 8 rings (SSSR count). The normalized spacial score (nSPS) is 16.2. The Hall–Kier alpha value is -4.45. The minimum Gasteiger partial charge on any atom is -0.342 e. The van der Waals surface area contributed by atoms with Crippen LogP contribution in [-0.4, -0.2) is 9.13 Å². The topological polar surface area (TPSA) is 39.3 Å². The Bertz CT molecular complexity index is 2200. The summed E-state index contributed by atoms with van der Waals surface area (Å²) in [4.78, 5) is 20.1. The van der Waals surface area contributed by atoms with E-state index >= 15 is 0 Å². The van der Waals surface area contributed by atoms with Crippen LogP contribution < -0.4 is 14.9 Å². The van der Waals surface area contributed by atoms with Crippen molar-refractivity contribution in [2.24, 2.45) is 4.99 Å². The van der Waals surface area contributed by atoms with Crippen LogP contribution in [0.25, 0.3) is 22.7 Å². The lowest BCUT2D eigenvalue weighted by Gasteiger charge is -2.30. The van der Waals surface area contributed by atoms with Crippen LogP contribution in [0.1, 0.15) is 40.3 Å². The predicted molar refractivity (Wildman–Crippen MR) is 172 cm³/mol. The third-order valence-corrected chi connectivity index (χ3v) is 9.60. The number of allylic oxidation sites excluding steroid dienone is 1. The van der Waals surface area contributed by atoms with Crippen LogP contribution in [-0.2, 0) is 13.0 Å². The molecule has 2 aromatic heterocycles. The van der Waals surface area contributed by atoms with E-state index in [0.29, 0.717) is 11.1 Å². The van der Waals surface area contributed by atoms with E-state index in [1.54, 1.807) is 0 Å². The first-order valence-electron chi connectivity index (χ1n) is 14.1. The molecule has 0 fully saturated rings. The highest BCUT2D eigenvalue weighted by Crippen LogP contribution is 2.41. The molecule has 4 nitrogen and oxygen atoms in total. The number of benzene rings is 4. The van der Waals surface area contributed by atoms with Crippen LogP contribution in [0.15, 0.2) is 125 Å². The minimum atomic E-state index is -0.167. The fourth-order valence-corrected chi connectivity index (χ4v) is 7.52. The van der Waals surface area contributed by atoms with Crippen LogP contribution in [0.4, 0.5) is 0 Å². The molecule has 0 N–H and O–H groups in total. The lowest BCUT2D eigenvalue weighted by atomic mass is 9.83. The van der Waals surface area contributed by atoms with Gasteiger partial charge in [0.25, 0.3) is 5.56 Å².